The average molecular weight is 433 g/mol. The van der Waals surface area contributed by atoms with Crippen molar-refractivity contribution in [2.24, 2.45) is 5.92 Å². The molecule has 154 valence electrons. The lowest BCUT2D eigenvalue weighted by Gasteiger charge is -2.24. The molecule has 4 rings (SSSR count). The quantitative estimate of drug-likeness (QED) is 0.714. The fourth-order valence-electron chi connectivity index (χ4n) is 4.28. The number of rotatable bonds is 6. The van der Waals surface area contributed by atoms with Gasteiger partial charge < -0.3 is 4.90 Å². The number of nitrogens with zero attached hydrogens (tertiary/aromatic N) is 3. The number of anilines is 1. The van der Waals surface area contributed by atoms with Crippen LogP contribution in [0.15, 0.2) is 24.3 Å². The summed E-state index contributed by atoms with van der Waals surface area (Å²) in [5.74, 6) is 0.616. The van der Waals surface area contributed by atoms with E-state index in [0.29, 0.717) is 40.5 Å². The van der Waals surface area contributed by atoms with Crippen molar-refractivity contribution in [2.75, 3.05) is 11.9 Å². The first-order valence-corrected chi connectivity index (χ1v) is 11.5. The summed E-state index contributed by atoms with van der Waals surface area (Å²) in [4.78, 5) is 27.2. The molecule has 2 heterocycles. The Bertz CT molecular complexity index is 864. The second-order valence-electron chi connectivity index (χ2n) is 7.84. The first-order valence-electron chi connectivity index (χ1n) is 10.3. The van der Waals surface area contributed by atoms with Crippen LogP contribution in [-0.4, -0.2) is 39.5 Å². The van der Waals surface area contributed by atoms with E-state index in [9.17, 15) is 9.59 Å². The van der Waals surface area contributed by atoms with Gasteiger partial charge in [-0.05, 0) is 37.3 Å². The van der Waals surface area contributed by atoms with Crippen LogP contribution in [-0.2, 0) is 9.59 Å². The summed E-state index contributed by atoms with van der Waals surface area (Å²) >= 11 is 7.24. The number of amides is 2. The standard InChI is InChI=1S/C21H25ClN4O2S/c22-16-10-8-15(9-11-16)20-24-25-21(29-20)23-19(28)17-6-3-13-26(17)18(27)12-7-14-4-1-2-5-14/h8-11,14,17H,1-7,12-13H2,(H,23,25,28). The predicted molar refractivity (Wildman–Crippen MR) is 115 cm³/mol. The molecule has 2 aromatic rings. The first-order chi connectivity index (χ1) is 14.1. The molecule has 2 amide bonds. The van der Waals surface area contributed by atoms with E-state index < -0.39 is 6.04 Å². The van der Waals surface area contributed by atoms with Gasteiger partial charge in [-0.15, -0.1) is 10.2 Å². The Balaban J connectivity index is 1.34. The van der Waals surface area contributed by atoms with Gasteiger partial charge in [0, 0.05) is 23.6 Å². The van der Waals surface area contributed by atoms with E-state index in [1.54, 1.807) is 17.0 Å². The molecule has 1 saturated heterocycles. The van der Waals surface area contributed by atoms with Crippen molar-refractivity contribution in [2.45, 2.75) is 57.4 Å². The molecular weight excluding hydrogens is 408 g/mol. The SMILES string of the molecule is O=C(Nc1nnc(-c2ccc(Cl)cc2)s1)C1CCCN1C(=O)CCC1CCCC1. The zero-order valence-corrected chi connectivity index (χ0v) is 17.8. The molecule has 1 aromatic heterocycles. The molecule has 6 nitrogen and oxygen atoms in total. The van der Waals surface area contributed by atoms with Gasteiger partial charge in [0.1, 0.15) is 11.0 Å². The lowest BCUT2D eigenvalue weighted by molar-refractivity contribution is -0.136. The Morgan fingerprint density at radius 3 is 2.62 bits per heavy atom. The van der Waals surface area contributed by atoms with E-state index in [0.717, 1.165) is 18.4 Å². The highest BCUT2D eigenvalue weighted by Gasteiger charge is 2.34. The highest BCUT2D eigenvalue weighted by atomic mass is 35.5. The molecule has 0 radical (unpaired) electrons. The van der Waals surface area contributed by atoms with Gasteiger partial charge in [-0.1, -0.05) is 60.8 Å². The molecule has 1 N–H and O–H groups in total. The van der Waals surface area contributed by atoms with Crippen LogP contribution in [0.5, 0.6) is 0 Å². The summed E-state index contributed by atoms with van der Waals surface area (Å²) < 4.78 is 0. The molecule has 1 aromatic carbocycles. The Hall–Kier alpha value is -1.99. The normalized spacial score (nSPS) is 19.6. The number of hydrogen-bond acceptors (Lipinski definition) is 5. The smallest absolute Gasteiger partial charge is 0.249 e. The average Bonchev–Trinajstić information content (AvgIpc) is 3.47. The second kappa shape index (κ2) is 9.22. The minimum atomic E-state index is -0.408. The fourth-order valence-corrected chi connectivity index (χ4v) is 5.16. The van der Waals surface area contributed by atoms with Gasteiger partial charge in [0.25, 0.3) is 0 Å². The number of nitrogens with one attached hydrogen (secondary N) is 1. The summed E-state index contributed by atoms with van der Waals surface area (Å²) in [6, 6.07) is 6.93. The molecule has 8 heteroatoms. The van der Waals surface area contributed by atoms with Gasteiger partial charge in [0.05, 0.1) is 0 Å². The lowest BCUT2D eigenvalue weighted by atomic mass is 10.0. The van der Waals surface area contributed by atoms with Crippen LogP contribution in [0.4, 0.5) is 5.13 Å². The highest BCUT2D eigenvalue weighted by Crippen LogP contribution is 2.30. The van der Waals surface area contributed by atoms with Crippen LogP contribution >= 0.6 is 22.9 Å². The van der Waals surface area contributed by atoms with Crippen LogP contribution < -0.4 is 5.32 Å². The van der Waals surface area contributed by atoms with Crippen LogP contribution in [0.1, 0.15) is 51.4 Å². The summed E-state index contributed by atoms with van der Waals surface area (Å²) in [7, 11) is 0. The summed E-state index contributed by atoms with van der Waals surface area (Å²) in [6.45, 7) is 0.660. The number of carbonyl (C=O) groups is 2. The number of benzene rings is 1. The van der Waals surface area contributed by atoms with Gasteiger partial charge in [-0.25, -0.2) is 0 Å². The van der Waals surface area contributed by atoms with E-state index in [1.165, 1.54) is 37.0 Å². The number of halogens is 1. The monoisotopic (exact) mass is 432 g/mol. The van der Waals surface area contributed by atoms with Gasteiger partial charge >= 0.3 is 0 Å². The van der Waals surface area contributed by atoms with Gasteiger partial charge in [-0.3, -0.25) is 14.9 Å². The van der Waals surface area contributed by atoms with Crippen LogP contribution in [0.3, 0.4) is 0 Å². The van der Waals surface area contributed by atoms with Crippen molar-refractivity contribution in [3.63, 3.8) is 0 Å². The minimum Gasteiger partial charge on any atom is -0.331 e. The van der Waals surface area contributed by atoms with E-state index in [2.05, 4.69) is 15.5 Å². The molecule has 1 unspecified atom stereocenters. The molecule has 1 aliphatic carbocycles. The molecule has 1 saturated carbocycles. The number of hydrogen-bond donors (Lipinski definition) is 1. The molecule has 1 aliphatic heterocycles. The fraction of sp³-hybridized carbons (Fsp3) is 0.524. The number of carbonyl (C=O) groups excluding carboxylic acids is 2. The zero-order chi connectivity index (χ0) is 20.2. The molecular formula is C21H25ClN4O2S. The highest BCUT2D eigenvalue weighted by molar-refractivity contribution is 7.18. The van der Waals surface area contributed by atoms with Crippen molar-refractivity contribution in [3.8, 4) is 10.6 Å². The third kappa shape index (κ3) is 4.95. The van der Waals surface area contributed by atoms with Crippen molar-refractivity contribution in [1.29, 1.82) is 0 Å². The van der Waals surface area contributed by atoms with Crippen molar-refractivity contribution in [3.05, 3.63) is 29.3 Å². The van der Waals surface area contributed by atoms with Crippen molar-refractivity contribution < 1.29 is 9.59 Å². The zero-order valence-electron chi connectivity index (χ0n) is 16.3. The van der Waals surface area contributed by atoms with Crippen LogP contribution in [0.25, 0.3) is 10.6 Å². The van der Waals surface area contributed by atoms with E-state index in [4.69, 9.17) is 11.6 Å². The number of aromatic nitrogens is 2. The van der Waals surface area contributed by atoms with Crippen molar-refractivity contribution in [1.82, 2.24) is 15.1 Å². The summed E-state index contributed by atoms with van der Waals surface area (Å²) in [5.41, 5.74) is 0.900. The van der Waals surface area contributed by atoms with E-state index in [1.807, 2.05) is 12.1 Å². The van der Waals surface area contributed by atoms with Crippen LogP contribution in [0, 0.1) is 5.92 Å². The maximum absolute atomic E-state index is 12.8. The van der Waals surface area contributed by atoms with Crippen molar-refractivity contribution >= 4 is 39.9 Å². The molecule has 29 heavy (non-hydrogen) atoms. The minimum absolute atomic E-state index is 0.105. The van der Waals surface area contributed by atoms with Gasteiger partial charge in [0.2, 0.25) is 16.9 Å². The third-order valence-electron chi connectivity index (χ3n) is 5.86. The maximum Gasteiger partial charge on any atom is 0.249 e. The Morgan fingerprint density at radius 1 is 1.10 bits per heavy atom. The third-order valence-corrected chi connectivity index (χ3v) is 7.00. The molecule has 2 aliphatic rings. The van der Waals surface area contributed by atoms with Gasteiger partial charge in [0.15, 0.2) is 0 Å². The molecule has 0 spiro atoms. The first kappa shape index (κ1) is 20.3. The largest absolute Gasteiger partial charge is 0.331 e. The molecule has 2 fully saturated rings. The number of likely N-dealkylation sites (tertiary alicyclic amines) is 1. The second-order valence-corrected chi connectivity index (χ2v) is 9.26. The predicted octanol–water partition coefficient (Wildman–Crippen LogP) is 4.76. The topological polar surface area (TPSA) is 75.2 Å². The Kier molecular flexibility index (Phi) is 6.45. The Labute approximate surface area is 179 Å². The summed E-state index contributed by atoms with van der Waals surface area (Å²) in [6.07, 6.45) is 8.11. The van der Waals surface area contributed by atoms with Gasteiger partial charge in [-0.2, -0.15) is 0 Å². The van der Waals surface area contributed by atoms with E-state index in [-0.39, 0.29) is 11.8 Å². The molecule has 1 atom stereocenters. The molecule has 0 bridgehead atoms. The lowest BCUT2D eigenvalue weighted by Crippen LogP contribution is -2.43. The van der Waals surface area contributed by atoms with Crippen LogP contribution in [0.2, 0.25) is 5.02 Å². The maximum atomic E-state index is 12.8. The Morgan fingerprint density at radius 2 is 1.86 bits per heavy atom. The summed E-state index contributed by atoms with van der Waals surface area (Å²) in [5, 5.41) is 12.9. The van der Waals surface area contributed by atoms with E-state index >= 15 is 0 Å².